The van der Waals surface area contributed by atoms with E-state index in [0.29, 0.717) is 11.3 Å². The van der Waals surface area contributed by atoms with Gasteiger partial charge in [0.1, 0.15) is 0 Å². The molecule has 120 valence electrons. The number of Topliss-reactive ketones (excluding diaryl/α,β-unsaturated/α-hetero) is 1. The third-order valence-corrected chi connectivity index (χ3v) is 4.40. The van der Waals surface area contributed by atoms with E-state index in [2.05, 4.69) is 20.9 Å². The highest BCUT2D eigenvalue weighted by atomic mass is 79.9. The van der Waals surface area contributed by atoms with Crippen molar-refractivity contribution in [1.82, 2.24) is 18.7 Å². The molecule has 8 heteroatoms. The maximum Gasteiger partial charge on any atom is 0.332 e. The first-order valence-corrected chi connectivity index (χ1v) is 7.98. The zero-order chi connectivity index (χ0) is 16.6. The van der Waals surface area contributed by atoms with Crippen molar-refractivity contribution in [3.63, 3.8) is 0 Å². The first kappa shape index (κ1) is 16.7. The van der Waals surface area contributed by atoms with Gasteiger partial charge in [-0.15, -0.1) is 0 Å². The second kappa shape index (κ2) is 6.20. The predicted molar refractivity (Wildman–Crippen MR) is 87.2 cm³/mol. The molecular weight excluding hydrogens is 352 g/mol. The van der Waals surface area contributed by atoms with Crippen LogP contribution in [0.5, 0.6) is 0 Å². The number of halogens is 1. The average molecular weight is 371 g/mol. The molecular formula is C14H19BrN4O3. The van der Waals surface area contributed by atoms with E-state index >= 15 is 0 Å². The Morgan fingerprint density at radius 1 is 1.36 bits per heavy atom. The van der Waals surface area contributed by atoms with E-state index in [4.69, 9.17) is 0 Å². The van der Waals surface area contributed by atoms with Gasteiger partial charge in [-0.2, -0.15) is 0 Å². The van der Waals surface area contributed by atoms with Crippen molar-refractivity contribution < 1.29 is 4.79 Å². The minimum Gasteiger partial charge on any atom is -0.302 e. The van der Waals surface area contributed by atoms with Gasteiger partial charge in [-0.05, 0) is 36.2 Å². The van der Waals surface area contributed by atoms with Crippen molar-refractivity contribution in [3.05, 3.63) is 25.6 Å². The molecule has 0 N–H and O–H groups in total. The van der Waals surface area contributed by atoms with Crippen LogP contribution >= 0.6 is 15.9 Å². The van der Waals surface area contributed by atoms with Gasteiger partial charge in [-0.25, -0.2) is 9.78 Å². The number of unbranched alkanes of at least 4 members (excludes halogenated alkanes) is 1. The van der Waals surface area contributed by atoms with Crippen molar-refractivity contribution in [2.24, 2.45) is 7.05 Å². The van der Waals surface area contributed by atoms with E-state index in [-0.39, 0.29) is 16.9 Å². The summed E-state index contributed by atoms with van der Waals surface area (Å²) in [7, 11) is 1.58. The second-order valence-electron chi connectivity index (χ2n) is 5.36. The first-order chi connectivity index (χ1) is 10.3. The largest absolute Gasteiger partial charge is 0.332 e. The zero-order valence-corrected chi connectivity index (χ0v) is 14.7. The Labute approximate surface area is 135 Å². The number of rotatable bonds is 5. The average Bonchev–Trinajstić information content (AvgIpc) is 2.81. The number of fused-ring (bicyclic) bond motifs is 1. The third-order valence-electron chi connectivity index (χ3n) is 3.84. The summed E-state index contributed by atoms with van der Waals surface area (Å²) < 4.78 is 4.47. The van der Waals surface area contributed by atoms with Crippen LogP contribution in [0.1, 0.15) is 39.7 Å². The number of carbonyl (C=O) groups is 1. The summed E-state index contributed by atoms with van der Waals surface area (Å²) in [6, 6.07) is -0.538. The van der Waals surface area contributed by atoms with Gasteiger partial charge in [0.05, 0.1) is 6.04 Å². The van der Waals surface area contributed by atoms with E-state index in [9.17, 15) is 14.4 Å². The molecule has 1 atom stereocenters. The molecule has 0 aliphatic carbocycles. The van der Waals surface area contributed by atoms with Crippen LogP contribution < -0.4 is 11.2 Å². The molecule has 0 amide bonds. The fraction of sp³-hybridized carbons (Fsp3) is 0.571. The maximum absolute atomic E-state index is 12.7. The number of ketones is 1. The quantitative estimate of drug-likeness (QED) is 0.748. The highest BCUT2D eigenvalue weighted by molar-refractivity contribution is 9.10. The SMILES string of the molecule is CCCCn1c(=O)c2c(nc(Br)n2[C@H](C)C(C)=O)n(C)c1=O. The summed E-state index contributed by atoms with van der Waals surface area (Å²) in [4.78, 5) is 41.0. The summed E-state index contributed by atoms with van der Waals surface area (Å²) in [5.41, 5.74) is -0.244. The topological polar surface area (TPSA) is 78.9 Å². The predicted octanol–water partition coefficient (Wildman–Crippen LogP) is 1.61. The fourth-order valence-electron chi connectivity index (χ4n) is 2.36. The number of aryl methyl sites for hydroxylation is 1. The molecule has 2 aromatic rings. The molecule has 0 saturated carbocycles. The number of carbonyl (C=O) groups excluding carboxylic acids is 1. The van der Waals surface area contributed by atoms with Gasteiger partial charge >= 0.3 is 5.69 Å². The molecule has 0 unspecified atom stereocenters. The van der Waals surface area contributed by atoms with E-state index in [0.717, 1.165) is 12.8 Å². The Morgan fingerprint density at radius 2 is 2.00 bits per heavy atom. The summed E-state index contributed by atoms with van der Waals surface area (Å²) in [5, 5.41) is 0. The zero-order valence-electron chi connectivity index (χ0n) is 13.1. The molecule has 0 aromatic carbocycles. The van der Waals surface area contributed by atoms with Gasteiger partial charge < -0.3 is 4.57 Å². The van der Waals surface area contributed by atoms with Gasteiger partial charge in [0.15, 0.2) is 21.7 Å². The van der Waals surface area contributed by atoms with Crippen LogP contribution in [-0.2, 0) is 18.4 Å². The molecule has 0 radical (unpaired) electrons. The molecule has 0 bridgehead atoms. The lowest BCUT2D eigenvalue weighted by Crippen LogP contribution is -2.40. The monoisotopic (exact) mass is 370 g/mol. The molecule has 2 heterocycles. The van der Waals surface area contributed by atoms with Crippen LogP contribution in [0.25, 0.3) is 11.2 Å². The van der Waals surface area contributed by atoms with Gasteiger partial charge in [-0.3, -0.25) is 18.7 Å². The van der Waals surface area contributed by atoms with E-state index < -0.39 is 17.3 Å². The van der Waals surface area contributed by atoms with Gasteiger partial charge in [0.2, 0.25) is 0 Å². The molecule has 22 heavy (non-hydrogen) atoms. The van der Waals surface area contributed by atoms with Crippen molar-refractivity contribution in [3.8, 4) is 0 Å². The normalized spacial score (nSPS) is 12.8. The first-order valence-electron chi connectivity index (χ1n) is 7.18. The second-order valence-corrected chi connectivity index (χ2v) is 6.07. The Bertz CT molecular complexity index is 846. The number of hydrogen-bond acceptors (Lipinski definition) is 4. The van der Waals surface area contributed by atoms with Gasteiger partial charge in [0, 0.05) is 13.6 Å². The fourth-order valence-corrected chi connectivity index (χ4v) is 3.01. The Balaban J connectivity index is 2.88. The third kappa shape index (κ3) is 2.55. The van der Waals surface area contributed by atoms with E-state index in [1.807, 2.05) is 6.92 Å². The van der Waals surface area contributed by atoms with Crippen LogP contribution in [0.2, 0.25) is 0 Å². The summed E-state index contributed by atoms with van der Waals surface area (Å²) in [5.74, 6) is -0.0895. The molecule has 0 aliphatic heterocycles. The van der Waals surface area contributed by atoms with Crippen molar-refractivity contribution in [1.29, 1.82) is 0 Å². The molecule has 7 nitrogen and oxygen atoms in total. The van der Waals surface area contributed by atoms with Gasteiger partial charge in [-0.1, -0.05) is 13.3 Å². The Morgan fingerprint density at radius 3 is 2.55 bits per heavy atom. The number of aromatic nitrogens is 4. The van der Waals surface area contributed by atoms with Gasteiger partial charge in [0.25, 0.3) is 5.56 Å². The van der Waals surface area contributed by atoms with Crippen LogP contribution in [-0.4, -0.2) is 24.5 Å². The highest BCUT2D eigenvalue weighted by Crippen LogP contribution is 2.22. The van der Waals surface area contributed by atoms with Crippen LogP contribution in [0, 0.1) is 0 Å². The molecule has 2 rings (SSSR count). The molecule has 0 spiro atoms. The molecule has 0 saturated heterocycles. The van der Waals surface area contributed by atoms with Crippen LogP contribution in [0.15, 0.2) is 14.3 Å². The maximum atomic E-state index is 12.7. The van der Waals surface area contributed by atoms with Crippen molar-refractivity contribution in [2.75, 3.05) is 0 Å². The number of imidazole rings is 1. The summed E-state index contributed by atoms with van der Waals surface area (Å²) in [6.45, 7) is 5.51. The van der Waals surface area contributed by atoms with E-state index in [1.165, 1.54) is 16.1 Å². The summed E-state index contributed by atoms with van der Waals surface area (Å²) >= 11 is 3.28. The number of hydrogen-bond donors (Lipinski definition) is 0. The molecule has 0 fully saturated rings. The molecule has 0 aliphatic rings. The standard InChI is InChI=1S/C14H19BrN4O3/c1-5-6-7-18-12(21)10-11(17(4)14(18)22)16-13(15)19(10)8(2)9(3)20/h8H,5-7H2,1-4H3/t8-/m1/s1. The smallest absolute Gasteiger partial charge is 0.302 e. The number of nitrogens with zero attached hydrogens (tertiary/aromatic N) is 4. The van der Waals surface area contributed by atoms with Crippen molar-refractivity contribution >= 4 is 32.9 Å². The van der Waals surface area contributed by atoms with Crippen LogP contribution in [0.4, 0.5) is 0 Å². The Hall–Kier alpha value is -1.70. The van der Waals surface area contributed by atoms with Crippen LogP contribution in [0.3, 0.4) is 0 Å². The highest BCUT2D eigenvalue weighted by Gasteiger charge is 2.23. The minimum absolute atomic E-state index is 0.0895. The lowest BCUT2D eigenvalue weighted by molar-refractivity contribution is -0.119. The molecule has 2 aromatic heterocycles. The summed E-state index contributed by atoms with van der Waals surface area (Å²) in [6.07, 6.45) is 1.61. The lowest BCUT2D eigenvalue weighted by Gasteiger charge is -2.13. The Kier molecular flexibility index (Phi) is 4.69. The minimum atomic E-state index is -0.538. The van der Waals surface area contributed by atoms with Crippen molar-refractivity contribution in [2.45, 2.75) is 46.2 Å². The lowest BCUT2D eigenvalue weighted by atomic mass is 10.2. The van der Waals surface area contributed by atoms with E-state index in [1.54, 1.807) is 18.5 Å².